The minimum absolute atomic E-state index is 0.475. The number of nitrogens with one attached hydrogen (secondary N) is 1. The third-order valence-electron chi connectivity index (χ3n) is 2.64. The number of hydrogen-bond donors (Lipinski definition) is 2. The zero-order chi connectivity index (χ0) is 9.80. The molecule has 0 aliphatic carbocycles. The summed E-state index contributed by atoms with van der Waals surface area (Å²) < 4.78 is 1.90. The Balaban J connectivity index is 1.89. The van der Waals surface area contributed by atoms with Crippen LogP contribution < -0.4 is 11.1 Å². The Hall–Kier alpha value is -0.940. The molecule has 1 aromatic heterocycles. The van der Waals surface area contributed by atoms with Gasteiger partial charge in [0.15, 0.2) is 0 Å². The molecule has 3 N–H and O–H groups in total. The van der Waals surface area contributed by atoms with Crippen molar-refractivity contribution in [3.05, 3.63) is 11.9 Å². The SMILES string of the molecule is NCc1cn(C[C@H]2CCCNC2)nn1. The predicted molar refractivity (Wildman–Crippen MR) is 53.5 cm³/mol. The summed E-state index contributed by atoms with van der Waals surface area (Å²) in [7, 11) is 0. The largest absolute Gasteiger partial charge is 0.325 e. The maximum atomic E-state index is 5.47. The normalized spacial score (nSPS) is 22.5. The van der Waals surface area contributed by atoms with Gasteiger partial charge in [-0.15, -0.1) is 5.10 Å². The van der Waals surface area contributed by atoms with E-state index in [1.165, 1.54) is 12.8 Å². The van der Waals surface area contributed by atoms with Crippen LogP contribution in [0.5, 0.6) is 0 Å². The summed E-state index contributed by atoms with van der Waals surface area (Å²) >= 11 is 0. The van der Waals surface area contributed by atoms with Crippen molar-refractivity contribution in [2.24, 2.45) is 11.7 Å². The van der Waals surface area contributed by atoms with E-state index in [-0.39, 0.29) is 0 Å². The highest BCUT2D eigenvalue weighted by Gasteiger charge is 2.13. The first-order valence-corrected chi connectivity index (χ1v) is 5.18. The summed E-state index contributed by atoms with van der Waals surface area (Å²) in [5, 5.41) is 11.4. The first-order valence-electron chi connectivity index (χ1n) is 5.18. The number of rotatable bonds is 3. The molecular formula is C9H17N5. The Morgan fingerprint density at radius 3 is 3.21 bits per heavy atom. The number of piperidine rings is 1. The van der Waals surface area contributed by atoms with Gasteiger partial charge in [-0.25, -0.2) is 0 Å². The average molecular weight is 195 g/mol. The number of nitrogens with zero attached hydrogens (tertiary/aromatic N) is 3. The Morgan fingerprint density at radius 1 is 1.64 bits per heavy atom. The third-order valence-corrected chi connectivity index (χ3v) is 2.64. The number of hydrogen-bond acceptors (Lipinski definition) is 4. The van der Waals surface area contributed by atoms with Crippen LogP contribution in [0.4, 0.5) is 0 Å². The zero-order valence-corrected chi connectivity index (χ0v) is 8.32. The van der Waals surface area contributed by atoms with Gasteiger partial charge in [-0.2, -0.15) is 0 Å². The topological polar surface area (TPSA) is 68.8 Å². The highest BCUT2D eigenvalue weighted by molar-refractivity contribution is 4.90. The molecule has 0 bridgehead atoms. The maximum Gasteiger partial charge on any atom is 0.0962 e. The summed E-state index contributed by atoms with van der Waals surface area (Å²) in [5.41, 5.74) is 6.34. The lowest BCUT2D eigenvalue weighted by molar-refractivity contribution is 0.322. The van der Waals surface area contributed by atoms with Gasteiger partial charge in [0.2, 0.25) is 0 Å². The van der Waals surface area contributed by atoms with Crippen molar-refractivity contribution in [1.82, 2.24) is 20.3 Å². The van der Waals surface area contributed by atoms with Crippen LogP contribution >= 0.6 is 0 Å². The summed E-state index contributed by atoms with van der Waals surface area (Å²) in [6, 6.07) is 0. The van der Waals surface area contributed by atoms with Crippen LogP contribution in [-0.2, 0) is 13.1 Å². The molecule has 2 heterocycles. The molecule has 0 amide bonds. The molecule has 1 saturated heterocycles. The molecule has 78 valence electrons. The van der Waals surface area contributed by atoms with Crippen molar-refractivity contribution in [3.63, 3.8) is 0 Å². The van der Waals surface area contributed by atoms with Crippen LogP contribution in [-0.4, -0.2) is 28.1 Å². The lowest BCUT2D eigenvalue weighted by Gasteiger charge is -2.22. The molecule has 1 aromatic rings. The molecule has 14 heavy (non-hydrogen) atoms. The second kappa shape index (κ2) is 4.52. The second-order valence-corrected chi connectivity index (χ2v) is 3.85. The van der Waals surface area contributed by atoms with Gasteiger partial charge < -0.3 is 11.1 Å². The standard InChI is InChI=1S/C9H17N5/c10-4-9-7-14(13-12-9)6-8-2-1-3-11-5-8/h7-8,11H,1-6,10H2/t8-/m0/s1. The van der Waals surface area contributed by atoms with Crippen molar-refractivity contribution in [2.45, 2.75) is 25.9 Å². The Kier molecular flexibility index (Phi) is 3.10. The molecule has 1 atom stereocenters. The molecule has 0 saturated carbocycles. The lowest BCUT2D eigenvalue weighted by atomic mass is 10.00. The van der Waals surface area contributed by atoms with Crippen LogP contribution in [0.2, 0.25) is 0 Å². The van der Waals surface area contributed by atoms with Crippen LogP contribution in [0, 0.1) is 5.92 Å². The van der Waals surface area contributed by atoms with E-state index in [1.807, 2.05) is 10.9 Å². The van der Waals surface area contributed by atoms with Crippen molar-refractivity contribution in [3.8, 4) is 0 Å². The second-order valence-electron chi connectivity index (χ2n) is 3.85. The van der Waals surface area contributed by atoms with Crippen LogP contribution in [0.1, 0.15) is 18.5 Å². The first-order chi connectivity index (χ1) is 6.88. The van der Waals surface area contributed by atoms with Gasteiger partial charge in [0.1, 0.15) is 0 Å². The fourth-order valence-electron chi connectivity index (χ4n) is 1.87. The van der Waals surface area contributed by atoms with Gasteiger partial charge in [0.05, 0.1) is 5.69 Å². The smallest absolute Gasteiger partial charge is 0.0962 e. The molecule has 1 aliphatic heterocycles. The maximum absolute atomic E-state index is 5.47. The Labute approximate surface area is 83.7 Å². The zero-order valence-electron chi connectivity index (χ0n) is 8.32. The van der Waals surface area contributed by atoms with Crippen molar-refractivity contribution < 1.29 is 0 Å². The van der Waals surface area contributed by atoms with E-state index in [9.17, 15) is 0 Å². The Bertz CT molecular complexity index is 276. The minimum atomic E-state index is 0.475. The predicted octanol–water partition coefficient (Wildman–Crippen LogP) is -0.264. The monoisotopic (exact) mass is 195 g/mol. The molecule has 1 aliphatic rings. The fraction of sp³-hybridized carbons (Fsp3) is 0.778. The van der Waals surface area contributed by atoms with E-state index in [0.717, 1.165) is 25.3 Å². The quantitative estimate of drug-likeness (QED) is 0.697. The highest BCUT2D eigenvalue weighted by Crippen LogP contribution is 2.11. The minimum Gasteiger partial charge on any atom is -0.325 e. The third kappa shape index (κ3) is 2.30. The van der Waals surface area contributed by atoms with E-state index in [2.05, 4.69) is 15.6 Å². The molecular weight excluding hydrogens is 178 g/mol. The average Bonchev–Trinajstić information content (AvgIpc) is 2.67. The summed E-state index contributed by atoms with van der Waals surface area (Å²) in [6.07, 6.45) is 4.49. The molecule has 0 unspecified atom stereocenters. The summed E-state index contributed by atoms with van der Waals surface area (Å²) in [4.78, 5) is 0. The van der Waals surface area contributed by atoms with Crippen LogP contribution in [0.15, 0.2) is 6.20 Å². The molecule has 0 radical (unpaired) electrons. The van der Waals surface area contributed by atoms with Gasteiger partial charge in [-0.05, 0) is 31.8 Å². The van der Waals surface area contributed by atoms with E-state index in [0.29, 0.717) is 12.5 Å². The van der Waals surface area contributed by atoms with Crippen molar-refractivity contribution in [2.75, 3.05) is 13.1 Å². The summed E-state index contributed by atoms with van der Waals surface area (Å²) in [5.74, 6) is 0.691. The van der Waals surface area contributed by atoms with E-state index in [1.54, 1.807) is 0 Å². The fourth-order valence-corrected chi connectivity index (χ4v) is 1.87. The molecule has 5 heteroatoms. The highest BCUT2D eigenvalue weighted by atomic mass is 15.4. The van der Waals surface area contributed by atoms with E-state index < -0.39 is 0 Å². The molecule has 0 spiro atoms. The van der Waals surface area contributed by atoms with E-state index >= 15 is 0 Å². The lowest BCUT2D eigenvalue weighted by Crippen LogP contribution is -2.32. The van der Waals surface area contributed by atoms with E-state index in [4.69, 9.17) is 5.73 Å². The molecule has 2 rings (SSSR count). The van der Waals surface area contributed by atoms with Crippen molar-refractivity contribution >= 4 is 0 Å². The van der Waals surface area contributed by atoms with Gasteiger partial charge in [0, 0.05) is 19.3 Å². The number of nitrogens with two attached hydrogens (primary N) is 1. The molecule has 1 fully saturated rings. The van der Waals surface area contributed by atoms with Crippen molar-refractivity contribution in [1.29, 1.82) is 0 Å². The van der Waals surface area contributed by atoms with Gasteiger partial charge in [-0.1, -0.05) is 5.21 Å². The van der Waals surface area contributed by atoms with Crippen LogP contribution in [0.3, 0.4) is 0 Å². The van der Waals surface area contributed by atoms with Gasteiger partial charge in [0.25, 0.3) is 0 Å². The molecule has 5 nitrogen and oxygen atoms in total. The number of aromatic nitrogens is 3. The van der Waals surface area contributed by atoms with Crippen LogP contribution in [0.25, 0.3) is 0 Å². The first kappa shape index (κ1) is 9.61. The molecule has 0 aromatic carbocycles. The van der Waals surface area contributed by atoms with Gasteiger partial charge >= 0.3 is 0 Å². The van der Waals surface area contributed by atoms with Gasteiger partial charge in [-0.3, -0.25) is 4.68 Å². The summed E-state index contributed by atoms with van der Waals surface area (Å²) in [6.45, 7) is 3.68. The Morgan fingerprint density at radius 2 is 2.57 bits per heavy atom.